The number of carboxylic acids is 1. The molecule has 0 saturated heterocycles. The van der Waals surface area contributed by atoms with Crippen LogP contribution in [0.25, 0.3) is 0 Å². The van der Waals surface area contributed by atoms with Crippen LogP contribution in [0.15, 0.2) is 50.7 Å². The first-order valence-corrected chi connectivity index (χ1v) is 7.02. The fourth-order valence-corrected chi connectivity index (χ4v) is 3.11. The van der Waals surface area contributed by atoms with Gasteiger partial charge in [-0.15, -0.1) is 0 Å². The summed E-state index contributed by atoms with van der Waals surface area (Å²) in [7, 11) is 0. The number of hydrogen-bond donors (Lipinski definition) is 1. The standard InChI is InChI=1S/C14H7BrFNO2S/c15-9-1-3-11(14(18)19)13(6-9)20-12-4-2-10(16)5-8(12)7-17/h1-6H,(H,18,19). The number of carbonyl (C=O) groups is 1. The van der Waals surface area contributed by atoms with Gasteiger partial charge in [-0.1, -0.05) is 27.7 Å². The minimum atomic E-state index is -1.05. The molecule has 0 aliphatic heterocycles. The third-order valence-corrected chi connectivity index (χ3v) is 4.08. The van der Waals surface area contributed by atoms with Crippen molar-refractivity contribution < 1.29 is 14.3 Å². The lowest BCUT2D eigenvalue weighted by Crippen LogP contribution is -1.98. The van der Waals surface area contributed by atoms with E-state index in [1.165, 1.54) is 18.2 Å². The molecular weight excluding hydrogens is 345 g/mol. The Hall–Kier alpha value is -1.84. The maximum atomic E-state index is 13.1. The number of aromatic carboxylic acids is 1. The van der Waals surface area contributed by atoms with Crippen molar-refractivity contribution in [2.75, 3.05) is 0 Å². The molecular formula is C14H7BrFNO2S. The summed E-state index contributed by atoms with van der Waals surface area (Å²) in [6, 6.07) is 10.5. The van der Waals surface area contributed by atoms with Gasteiger partial charge >= 0.3 is 5.97 Å². The second-order valence-corrected chi connectivity index (χ2v) is 5.80. The van der Waals surface area contributed by atoms with Crippen LogP contribution in [0.1, 0.15) is 15.9 Å². The summed E-state index contributed by atoms with van der Waals surface area (Å²) in [5.74, 6) is -1.56. The number of hydrogen-bond acceptors (Lipinski definition) is 3. The van der Waals surface area contributed by atoms with E-state index < -0.39 is 11.8 Å². The van der Waals surface area contributed by atoms with Gasteiger partial charge in [0.2, 0.25) is 0 Å². The smallest absolute Gasteiger partial charge is 0.336 e. The van der Waals surface area contributed by atoms with E-state index in [4.69, 9.17) is 10.4 Å². The fraction of sp³-hybridized carbons (Fsp3) is 0. The number of rotatable bonds is 3. The van der Waals surface area contributed by atoms with Crippen LogP contribution in [0, 0.1) is 17.1 Å². The molecule has 0 aliphatic rings. The van der Waals surface area contributed by atoms with Crippen LogP contribution in [-0.4, -0.2) is 11.1 Å². The van der Waals surface area contributed by atoms with Crippen LogP contribution in [0.5, 0.6) is 0 Å². The van der Waals surface area contributed by atoms with Gasteiger partial charge in [-0.3, -0.25) is 0 Å². The largest absolute Gasteiger partial charge is 0.478 e. The topological polar surface area (TPSA) is 61.1 Å². The predicted molar refractivity (Wildman–Crippen MR) is 76.3 cm³/mol. The summed E-state index contributed by atoms with van der Waals surface area (Å²) in [6.45, 7) is 0. The molecule has 2 aromatic rings. The third kappa shape index (κ3) is 3.18. The van der Waals surface area contributed by atoms with Gasteiger partial charge in [-0.25, -0.2) is 9.18 Å². The summed E-state index contributed by atoms with van der Waals surface area (Å²) in [4.78, 5) is 12.2. The average molecular weight is 352 g/mol. The minimum Gasteiger partial charge on any atom is -0.478 e. The van der Waals surface area contributed by atoms with Gasteiger partial charge in [0, 0.05) is 14.3 Å². The average Bonchev–Trinajstić information content (AvgIpc) is 2.40. The molecule has 0 radical (unpaired) electrons. The first-order valence-electron chi connectivity index (χ1n) is 5.41. The molecule has 0 spiro atoms. The van der Waals surface area contributed by atoms with Crippen molar-refractivity contribution in [2.24, 2.45) is 0 Å². The first kappa shape index (κ1) is 14.6. The zero-order valence-corrected chi connectivity index (χ0v) is 12.3. The maximum absolute atomic E-state index is 13.1. The molecule has 20 heavy (non-hydrogen) atoms. The molecule has 6 heteroatoms. The van der Waals surface area contributed by atoms with Crippen molar-refractivity contribution in [3.63, 3.8) is 0 Å². The van der Waals surface area contributed by atoms with Crippen LogP contribution >= 0.6 is 27.7 Å². The first-order chi connectivity index (χ1) is 9.51. The Kier molecular flexibility index (Phi) is 4.42. The van der Waals surface area contributed by atoms with Gasteiger partial charge in [0.05, 0.1) is 11.1 Å². The van der Waals surface area contributed by atoms with Crippen LogP contribution in [0.2, 0.25) is 0 Å². The lowest BCUT2D eigenvalue weighted by molar-refractivity contribution is 0.0693. The summed E-state index contributed by atoms with van der Waals surface area (Å²) in [5.41, 5.74) is 0.303. The lowest BCUT2D eigenvalue weighted by atomic mass is 10.2. The Morgan fingerprint density at radius 2 is 2.00 bits per heavy atom. The molecule has 0 unspecified atom stereocenters. The van der Waals surface area contributed by atoms with Gasteiger partial charge in [0.15, 0.2) is 0 Å². The molecule has 100 valence electrons. The van der Waals surface area contributed by atoms with Gasteiger partial charge in [0.25, 0.3) is 0 Å². The van der Waals surface area contributed by atoms with Crippen LogP contribution in [-0.2, 0) is 0 Å². The number of nitriles is 1. The van der Waals surface area contributed by atoms with Crippen molar-refractivity contribution >= 4 is 33.7 Å². The molecule has 0 saturated carbocycles. The zero-order valence-electron chi connectivity index (χ0n) is 9.93. The molecule has 0 aliphatic carbocycles. The number of nitrogens with zero attached hydrogens (tertiary/aromatic N) is 1. The molecule has 2 aromatic carbocycles. The fourth-order valence-electron chi connectivity index (χ4n) is 1.55. The van der Waals surface area contributed by atoms with E-state index in [0.717, 1.165) is 22.3 Å². The van der Waals surface area contributed by atoms with Crippen molar-refractivity contribution in [3.05, 3.63) is 57.8 Å². The van der Waals surface area contributed by atoms with Crippen molar-refractivity contribution in [1.29, 1.82) is 5.26 Å². The second-order valence-electron chi connectivity index (χ2n) is 3.80. The Morgan fingerprint density at radius 1 is 1.25 bits per heavy atom. The summed E-state index contributed by atoms with van der Waals surface area (Å²) in [6.07, 6.45) is 0. The molecule has 0 amide bonds. The number of halogens is 2. The van der Waals surface area contributed by atoms with Crippen molar-refractivity contribution in [2.45, 2.75) is 9.79 Å². The van der Waals surface area contributed by atoms with Gasteiger partial charge in [0.1, 0.15) is 11.9 Å². The Labute approximate surface area is 127 Å². The molecule has 0 heterocycles. The molecule has 2 rings (SSSR count). The van der Waals surface area contributed by atoms with E-state index in [1.54, 1.807) is 12.1 Å². The highest BCUT2D eigenvalue weighted by molar-refractivity contribution is 9.10. The summed E-state index contributed by atoms with van der Waals surface area (Å²) >= 11 is 4.39. The van der Waals surface area contributed by atoms with E-state index in [0.29, 0.717) is 9.79 Å². The van der Waals surface area contributed by atoms with Gasteiger partial charge < -0.3 is 5.11 Å². The van der Waals surface area contributed by atoms with Crippen LogP contribution < -0.4 is 0 Å². The summed E-state index contributed by atoms with van der Waals surface area (Å²) in [5, 5.41) is 18.1. The molecule has 0 bridgehead atoms. The second kappa shape index (κ2) is 6.07. The summed E-state index contributed by atoms with van der Waals surface area (Å²) < 4.78 is 13.8. The van der Waals surface area contributed by atoms with E-state index in [1.807, 2.05) is 6.07 Å². The number of benzene rings is 2. The lowest BCUT2D eigenvalue weighted by Gasteiger charge is -2.08. The van der Waals surface area contributed by atoms with E-state index >= 15 is 0 Å². The van der Waals surface area contributed by atoms with Crippen LogP contribution in [0.4, 0.5) is 4.39 Å². The highest BCUT2D eigenvalue weighted by Gasteiger charge is 2.14. The van der Waals surface area contributed by atoms with Crippen molar-refractivity contribution in [3.8, 4) is 6.07 Å². The molecule has 0 atom stereocenters. The predicted octanol–water partition coefficient (Wildman–Crippen LogP) is 4.31. The quantitative estimate of drug-likeness (QED) is 0.894. The molecule has 0 aromatic heterocycles. The van der Waals surface area contributed by atoms with Crippen LogP contribution in [0.3, 0.4) is 0 Å². The van der Waals surface area contributed by atoms with E-state index in [-0.39, 0.29) is 11.1 Å². The van der Waals surface area contributed by atoms with Gasteiger partial charge in [-0.2, -0.15) is 5.26 Å². The Balaban J connectivity index is 2.47. The normalized spacial score (nSPS) is 10.1. The third-order valence-electron chi connectivity index (χ3n) is 2.46. The van der Waals surface area contributed by atoms with Crippen molar-refractivity contribution in [1.82, 2.24) is 0 Å². The monoisotopic (exact) mass is 351 g/mol. The van der Waals surface area contributed by atoms with E-state index in [9.17, 15) is 9.18 Å². The van der Waals surface area contributed by atoms with E-state index in [2.05, 4.69) is 15.9 Å². The SMILES string of the molecule is N#Cc1cc(F)ccc1Sc1cc(Br)ccc1C(=O)O. The zero-order chi connectivity index (χ0) is 14.7. The van der Waals surface area contributed by atoms with Gasteiger partial charge in [-0.05, 0) is 36.4 Å². The highest BCUT2D eigenvalue weighted by atomic mass is 79.9. The minimum absolute atomic E-state index is 0.131. The maximum Gasteiger partial charge on any atom is 0.336 e. The molecule has 1 N–H and O–H groups in total. The highest BCUT2D eigenvalue weighted by Crippen LogP contribution is 2.34. The molecule has 3 nitrogen and oxygen atoms in total. The molecule has 0 fully saturated rings. The Bertz CT molecular complexity index is 728. The Morgan fingerprint density at radius 3 is 2.65 bits per heavy atom. The number of carboxylic acid groups (broad SMARTS) is 1.